The molecular weight excluding hydrogens is 494 g/mol. The van der Waals surface area contributed by atoms with Crippen LogP contribution in [0.1, 0.15) is 114 Å². The van der Waals surface area contributed by atoms with Crippen LogP contribution in [0, 0.1) is 27.6 Å². The number of piperazine rings is 1. The first-order valence-corrected chi connectivity index (χ1v) is 14.9. The van der Waals surface area contributed by atoms with E-state index in [4.69, 9.17) is 0 Å². The van der Waals surface area contributed by atoms with Crippen LogP contribution in [0.3, 0.4) is 0 Å². The molecule has 0 aromatic heterocycles. The van der Waals surface area contributed by atoms with E-state index in [9.17, 15) is 24.3 Å². The highest BCUT2D eigenvalue weighted by Gasteiger charge is 2.42. The Morgan fingerprint density at radius 2 is 1.26 bits per heavy atom. The minimum atomic E-state index is -1.01. The lowest BCUT2D eigenvalue weighted by molar-refractivity contribution is -0.154. The molecule has 1 saturated heterocycles. The molecule has 1 aliphatic rings. The van der Waals surface area contributed by atoms with E-state index < -0.39 is 22.2 Å². The van der Waals surface area contributed by atoms with Crippen LogP contribution in [0.2, 0.25) is 0 Å². The summed E-state index contributed by atoms with van der Waals surface area (Å²) in [4.78, 5) is 54.8. The molecule has 0 spiro atoms. The average Bonchev–Trinajstić information content (AvgIpc) is 2.84. The van der Waals surface area contributed by atoms with Crippen LogP contribution >= 0.6 is 0 Å². The van der Waals surface area contributed by atoms with Gasteiger partial charge in [0.05, 0.1) is 5.41 Å². The molecule has 0 aromatic rings. The summed E-state index contributed by atoms with van der Waals surface area (Å²) in [5.41, 5.74) is -2.43. The van der Waals surface area contributed by atoms with Crippen LogP contribution in [-0.4, -0.2) is 71.3 Å². The van der Waals surface area contributed by atoms with Crippen LogP contribution < -0.4 is 5.32 Å². The van der Waals surface area contributed by atoms with Crippen LogP contribution in [-0.2, 0) is 19.2 Å². The van der Waals surface area contributed by atoms with Gasteiger partial charge >= 0.3 is 5.97 Å². The number of aliphatic carboxylic acids is 1. The molecule has 0 aromatic carbocycles. The minimum absolute atomic E-state index is 0.000660. The molecule has 3 amide bonds. The van der Waals surface area contributed by atoms with Gasteiger partial charge in [0.25, 0.3) is 0 Å². The smallest absolute Gasteiger partial charge is 0.309 e. The van der Waals surface area contributed by atoms with Gasteiger partial charge in [0.2, 0.25) is 17.7 Å². The Bertz CT molecular complexity index is 858. The van der Waals surface area contributed by atoms with Gasteiger partial charge in [-0.2, -0.15) is 0 Å². The van der Waals surface area contributed by atoms with E-state index in [1.807, 2.05) is 20.8 Å². The zero-order valence-corrected chi connectivity index (χ0v) is 26.5. The monoisotopic (exact) mass is 551 g/mol. The lowest BCUT2D eigenvalue weighted by Gasteiger charge is -2.42. The predicted octanol–water partition coefficient (Wildman–Crippen LogP) is 5.35. The highest BCUT2D eigenvalue weighted by molar-refractivity contribution is 5.86. The van der Waals surface area contributed by atoms with E-state index in [2.05, 4.69) is 26.1 Å². The van der Waals surface area contributed by atoms with Crippen molar-refractivity contribution < 1.29 is 24.3 Å². The van der Waals surface area contributed by atoms with Gasteiger partial charge in [0.15, 0.2) is 0 Å². The molecular formula is C31H57N3O5. The summed E-state index contributed by atoms with van der Waals surface area (Å²) in [5.74, 6) is -1.30. The maximum atomic E-state index is 13.5. The molecule has 8 heteroatoms. The van der Waals surface area contributed by atoms with Crippen LogP contribution in [0.25, 0.3) is 0 Å². The number of rotatable bonds is 15. The van der Waals surface area contributed by atoms with Gasteiger partial charge in [0, 0.05) is 49.5 Å². The van der Waals surface area contributed by atoms with Crippen LogP contribution in [0.5, 0.6) is 0 Å². The third-order valence-corrected chi connectivity index (χ3v) is 8.42. The summed E-state index contributed by atoms with van der Waals surface area (Å²) in [7, 11) is 0. The molecule has 226 valence electrons. The SMILES string of the molecule is CCCCC(C)(CCC)CNC(=O)C(C)CC(C)(C)C(=O)N1CCN(C(=O)C(C)(C)CC(C)(C)C(=O)O)CC1. The highest BCUT2D eigenvalue weighted by atomic mass is 16.4. The summed E-state index contributed by atoms with van der Waals surface area (Å²) >= 11 is 0. The fourth-order valence-corrected chi connectivity index (χ4v) is 6.15. The van der Waals surface area contributed by atoms with Crippen molar-refractivity contribution in [3.63, 3.8) is 0 Å². The van der Waals surface area contributed by atoms with E-state index in [1.165, 1.54) is 0 Å². The van der Waals surface area contributed by atoms with Gasteiger partial charge in [-0.15, -0.1) is 0 Å². The van der Waals surface area contributed by atoms with Crippen molar-refractivity contribution in [1.29, 1.82) is 0 Å². The predicted molar refractivity (Wildman–Crippen MR) is 156 cm³/mol. The third-order valence-electron chi connectivity index (χ3n) is 8.42. The number of carbonyl (C=O) groups excluding carboxylic acids is 3. The molecule has 1 aliphatic heterocycles. The molecule has 0 aliphatic carbocycles. The topological polar surface area (TPSA) is 107 Å². The van der Waals surface area contributed by atoms with E-state index in [0.29, 0.717) is 39.1 Å². The molecule has 2 atom stereocenters. The molecule has 0 saturated carbocycles. The highest BCUT2D eigenvalue weighted by Crippen LogP contribution is 2.36. The molecule has 0 radical (unpaired) electrons. The van der Waals surface area contributed by atoms with Gasteiger partial charge in [-0.3, -0.25) is 19.2 Å². The second kappa shape index (κ2) is 14.0. The molecule has 2 N–H and O–H groups in total. The number of unbranched alkanes of at least 4 members (excludes halogenated alkanes) is 1. The lowest BCUT2D eigenvalue weighted by atomic mass is 9.74. The number of nitrogens with one attached hydrogen (secondary N) is 1. The summed E-state index contributed by atoms with van der Waals surface area (Å²) < 4.78 is 0. The van der Waals surface area contributed by atoms with Gasteiger partial charge in [0.1, 0.15) is 0 Å². The van der Waals surface area contributed by atoms with Crippen LogP contribution in [0.15, 0.2) is 0 Å². The van der Waals surface area contributed by atoms with Crippen molar-refractivity contribution in [3.05, 3.63) is 0 Å². The number of carbonyl (C=O) groups is 4. The Morgan fingerprint density at radius 1 is 0.769 bits per heavy atom. The molecule has 1 rings (SSSR count). The number of carboxylic acid groups (broad SMARTS) is 1. The fourth-order valence-electron chi connectivity index (χ4n) is 6.15. The van der Waals surface area contributed by atoms with Gasteiger partial charge < -0.3 is 20.2 Å². The molecule has 8 nitrogen and oxygen atoms in total. The van der Waals surface area contributed by atoms with Crippen LogP contribution in [0.4, 0.5) is 0 Å². The Kier molecular flexibility index (Phi) is 12.5. The average molecular weight is 552 g/mol. The van der Waals surface area contributed by atoms with E-state index in [1.54, 1.807) is 37.5 Å². The van der Waals surface area contributed by atoms with Crippen molar-refractivity contribution >= 4 is 23.7 Å². The summed E-state index contributed by atoms with van der Waals surface area (Å²) in [6.45, 7) is 21.5. The first-order chi connectivity index (χ1) is 17.8. The largest absolute Gasteiger partial charge is 0.481 e. The summed E-state index contributed by atoms with van der Waals surface area (Å²) in [6, 6.07) is 0. The Hall–Kier alpha value is -2.12. The molecule has 39 heavy (non-hydrogen) atoms. The summed E-state index contributed by atoms with van der Waals surface area (Å²) in [6.07, 6.45) is 6.24. The van der Waals surface area contributed by atoms with E-state index in [0.717, 1.165) is 32.1 Å². The quantitative estimate of drug-likeness (QED) is 0.285. The Balaban J connectivity index is 2.70. The third kappa shape index (κ3) is 10.1. The number of nitrogens with zero attached hydrogens (tertiary/aromatic N) is 2. The fraction of sp³-hybridized carbons (Fsp3) is 0.871. The molecule has 1 fully saturated rings. The van der Waals surface area contributed by atoms with Gasteiger partial charge in [-0.05, 0) is 44.9 Å². The Labute approximate surface area is 237 Å². The zero-order chi connectivity index (χ0) is 30.2. The van der Waals surface area contributed by atoms with Crippen molar-refractivity contribution in [2.75, 3.05) is 32.7 Å². The number of hydrogen-bond donors (Lipinski definition) is 2. The van der Waals surface area contributed by atoms with E-state index >= 15 is 0 Å². The van der Waals surface area contributed by atoms with Crippen molar-refractivity contribution in [3.8, 4) is 0 Å². The van der Waals surface area contributed by atoms with E-state index in [-0.39, 0.29) is 35.5 Å². The second-order valence-corrected chi connectivity index (χ2v) is 14.2. The number of hydrogen-bond acceptors (Lipinski definition) is 4. The maximum absolute atomic E-state index is 13.5. The molecule has 0 bridgehead atoms. The zero-order valence-electron chi connectivity index (χ0n) is 26.5. The lowest BCUT2D eigenvalue weighted by Crippen LogP contribution is -2.56. The standard InChI is InChI=1S/C31H57N3O5/c1-11-13-15-31(10,14-12-2)22-32-24(35)23(3)20-28(4,5)25(36)33-16-18-34(19-17-33)26(37)29(6,7)21-30(8,9)27(38)39/h23H,11-22H2,1-10H3,(H,32,35)(H,38,39). The van der Waals surface area contributed by atoms with Gasteiger partial charge in [-0.25, -0.2) is 0 Å². The van der Waals surface area contributed by atoms with Crippen molar-refractivity contribution in [2.24, 2.45) is 27.6 Å². The Morgan fingerprint density at radius 3 is 1.69 bits per heavy atom. The normalized spacial score (nSPS) is 17.4. The molecule has 2 unspecified atom stereocenters. The molecule has 1 heterocycles. The van der Waals surface area contributed by atoms with Crippen molar-refractivity contribution in [2.45, 2.75) is 114 Å². The number of amides is 3. The first kappa shape index (κ1) is 34.9. The minimum Gasteiger partial charge on any atom is -0.481 e. The summed E-state index contributed by atoms with van der Waals surface area (Å²) in [5, 5.41) is 12.7. The maximum Gasteiger partial charge on any atom is 0.309 e. The van der Waals surface area contributed by atoms with Crippen molar-refractivity contribution in [1.82, 2.24) is 15.1 Å². The first-order valence-electron chi connectivity index (χ1n) is 14.9. The number of carboxylic acids is 1. The second-order valence-electron chi connectivity index (χ2n) is 14.2. The van der Waals surface area contributed by atoms with Gasteiger partial charge in [-0.1, -0.05) is 74.7 Å².